The first-order chi connectivity index (χ1) is 11.1. The maximum atomic E-state index is 12.8. The molecule has 0 saturated carbocycles. The Balaban J connectivity index is 1.70. The number of amidine groups is 1. The molecule has 1 unspecified atom stereocenters. The van der Waals surface area contributed by atoms with Crippen LogP contribution in [0.25, 0.3) is 0 Å². The van der Waals surface area contributed by atoms with Crippen LogP contribution >= 0.6 is 0 Å². The largest absolute Gasteiger partial charge is 0.350 e. The number of amides is 2. The number of fused-ring (bicyclic) bond motifs is 1. The minimum atomic E-state index is -1.31. The van der Waals surface area contributed by atoms with Gasteiger partial charge in [0.2, 0.25) is 0 Å². The summed E-state index contributed by atoms with van der Waals surface area (Å²) in [5.74, 6) is -1.91. The van der Waals surface area contributed by atoms with Crippen molar-refractivity contribution in [1.82, 2.24) is 10.2 Å². The number of nitrogens with one attached hydrogen (secondary N) is 1. The lowest BCUT2D eigenvalue weighted by molar-refractivity contribution is -0.146. The molecule has 0 aromatic heterocycles. The summed E-state index contributed by atoms with van der Waals surface area (Å²) in [4.78, 5) is 41.8. The lowest BCUT2D eigenvalue weighted by atomic mass is 10.0. The van der Waals surface area contributed by atoms with Crippen LogP contribution in [-0.4, -0.2) is 40.9 Å². The number of carbonyl (C=O) groups excluding carboxylic acids is 3. The summed E-state index contributed by atoms with van der Waals surface area (Å²) in [6, 6.07) is 4.34. The van der Waals surface area contributed by atoms with Crippen LogP contribution in [0.5, 0.6) is 0 Å². The van der Waals surface area contributed by atoms with E-state index in [0.29, 0.717) is 24.4 Å². The second-order valence-corrected chi connectivity index (χ2v) is 5.57. The average Bonchev–Trinajstić information content (AvgIpc) is 2.57. The lowest BCUT2D eigenvalue weighted by Crippen LogP contribution is -2.55. The van der Waals surface area contributed by atoms with Crippen LogP contribution in [-0.2, 0) is 20.9 Å². The van der Waals surface area contributed by atoms with E-state index in [1.54, 1.807) is 0 Å². The molecule has 3 rings (SSSR count). The maximum Gasteiger partial charge on any atom is 0.298 e. The molecule has 6 nitrogen and oxygen atoms in total. The molecule has 1 aromatic carbocycles. The number of rotatable bonds is 3. The van der Waals surface area contributed by atoms with E-state index >= 15 is 0 Å². The van der Waals surface area contributed by atoms with Crippen LogP contribution in [0.1, 0.15) is 24.8 Å². The molecule has 0 radical (unpaired) electrons. The Morgan fingerprint density at radius 1 is 1.26 bits per heavy atom. The molecule has 120 valence electrons. The molecule has 0 aliphatic carbocycles. The van der Waals surface area contributed by atoms with E-state index in [2.05, 4.69) is 10.3 Å². The highest BCUT2D eigenvalue weighted by atomic mass is 19.1. The number of aliphatic imine (C=N–C) groups is 1. The molecule has 1 aromatic rings. The predicted molar refractivity (Wildman–Crippen MR) is 80.0 cm³/mol. The van der Waals surface area contributed by atoms with Gasteiger partial charge in [0.25, 0.3) is 17.6 Å². The minimum absolute atomic E-state index is 0.144. The molecular weight excluding hydrogens is 301 g/mol. The fourth-order valence-electron chi connectivity index (χ4n) is 2.69. The summed E-state index contributed by atoms with van der Waals surface area (Å²) in [7, 11) is 0. The van der Waals surface area contributed by atoms with Crippen molar-refractivity contribution in [3.63, 3.8) is 0 Å². The number of hydrogen-bond acceptors (Lipinski definition) is 4. The third kappa shape index (κ3) is 3.13. The molecule has 1 saturated heterocycles. The molecule has 2 heterocycles. The Bertz CT molecular complexity index is 684. The second-order valence-electron chi connectivity index (χ2n) is 5.57. The number of hydrogen-bond donors (Lipinski definition) is 1. The first-order valence-electron chi connectivity index (χ1n) is 7.51. The third-order valence-corrected chi connectivity index (χ3v) is 3.95. The van der Waals surface area contributed by atoms with Crippen LogP contribution in [0.4, 0.5) is 4.39 Å². The third-order valence-electron chi connectivity index (χ3n) is 3.95. The van der Waals surface area contributed by atoms with E-state index in [4.69, 9.17) is 0 Å². The quantitative estimate of drug-likeness (QED) is 0.662. The first kappa shape index (κ1) is 15.3. The van der Waals surface area contributed by atoms with E-state index in [1.165, 1.54) is 29.2 Å². The standard InChI is InChI=1S/C16H16FN3O3/c17-11-6-4-10(5-7-11)9-18-15(22)13-14(21)16(23)20-8-2-1-3-12(20)19-13/h4-7,13H,1-3,8-9H2,(H,18,22). The molecular formula is C16H16FN3O3. The summed E-state index contributed by atoms with van der Waals surface area (Å²) >= 11 is 0. The van der Waals surface area contributed by atoms with Crippen molar-refractivity contribution >= 4 is 23.4 Å². The van der Waals surface area contributed by atoms with Gasteiger partial charge in [-0.2, -0.15) is 0 Å². The van der Waals surface area contributed by atoms with Gasteiger partial charge in [-0.3, -0.25) is 24.3 Å². The highest BCUT2D eigenvalue weighted by molar-refractivity contribution is 6.46. The SMILES string of the molecule is O=C(NCc1ccc(F)cc1)C1N=C2CCCCN2C(=O)C1=O. The maximum absolute atomic E-state index is 12.8. The van der Waals surface area contributed by atoms with Gasteiger partial charge in [-0.25, -0.2) is 4.39 Å². The van der Waals surface area contributed by atoms with Crippen molar-refractivity contribution in [1.29, 1.82) is 0 Å². The van der Waals surface area contributed by atoms with Crippen molar-refractivity contribution in [2.75, 3.05) is 6.54 Å². The van der Waals surface area contributed by atoms with E-state index in [-0.39, 0.29) is 12.4 Å². The van der Waals surface area contributed by atoms with E-state index in [1.807, 2.05) is 0 Å². The van der Waals surface area contributed by atoms with Gasteiger partial charge >= 0.3 is 0 Å². The van der Waals surface area contributed by atoms with E-state index in [0.717, 1.165) is 12.8 Å². The van der Waals surface area contributed by atoms with Crippen LogP contribution < -0.4 is 5.32 Å². The van der Waals surface area contributed by atoms with Gasteiger partial charge in [0, 0.05) is 19.5 Å². The smallest absolute Gasteiger partial charge is 0.298 e. The second kappa shape index (κ2) is 6.28. The van der Waals surface area contributed by atoms with Gasteiger partial charge < -0.3 is 5.32 Å². The summed E-state index contributed by atoms with van der Waals surface area (Å²) in [5.41, 5.74) is 0.696. The molecule has 1 fully saturated rings. The lowest BCUT2D eigenvalue weighted by Gasteiger charge is -2.32. The number of ketones is 1. The number of halogens is 1. The summed E-state index contributed by atoms with van der Waals surface area (Å²) in [5, 5.41) is 2.57. The predicted octanol–water partition coefficient (Wildman–Crippen LogP) is 0.804. The monoisotopic (exact) mass is 317 g/mol. The van der Waals surface area contributed by atoms with Gasteiger partial charge in [-0.1, -0.05) is 12.1 Å². The zero-order valence-corrected chi connectivity index (χ0v) is 12.4. The van der Waals surface area contributed by atoms with E-state index < -0.39 is 23.6 Å². The number of nitrogens with zero attached hydrogens (tertiary/aromatic N) is 2. The molecule has 0 bridgehead atoms. The number of Topliss-reactive ketones (excluding diaryl/α,β-unsaturated/α-hetero) is 1. The van der Waals surface area contributed by atoms with Gasteiger partial charge in [0.1, 0.15) is 11.7 Å². The van der Waals surface area contributed by atoms with Crippen molar-refractivity contribution in [3.8, 4) is 0 Å². The molecule has 23 heavy (non-hydrogen) atoms. The van der Waals surface area contributed by atoms with Crippen LogP contribution in [0.2, 0.25) is 0 Å². The topological polar surface area (TPSA) is 78.8 Å². The zero-order chi connectivity index (χ0) is 16.4. The fraction of sp³-hybridized carbons (Fsp3) is 0.375. The van der Waals surface area contributed by atoms with Crippen LogP contribution in [0, 0.1) is 5.82 Å². The molecule has 1 N–H and O–H groups in total. The Morgan fingerprint density at radius 3 is 2.74 bits per heavy atom. The Labute approximate surface area is 132 Å². The van der Waals surface area contributed by atoms with Gasteiger partial charge in [0.15, 0.2) is 6.04 Å². The minimum Gasteiger partial charge on any atom is -0.350 e. The summed E-state index contributed by atoms with van der Waals surface area (Å²) in [6.45, 7) is 0.624. The average molecular weight is 317 g/mol. The van der Waals surface area contributed by atoms with E-state index in [9.17, 15) is 18.8 Å². The van der Waals surface area contributed by atoms with Crippen molar-refractivity contribution in [2.45, 2.75) is 31.8 Å². The number of piperidine rings is 1. The molecule has 2 amide bonds. The fourth-order valence-corrected chi connectivity index (χ4v) is 2.69. The molecule has 2 aliphatic heterocycles. The molecule has 0 spiro atoms. The van der Waals surface area contributed by atoms with Gasteiger partial charge in [-0.15, -0.1) is 0 Å². The summed E-state index contributed by atoms with van der Waals surface area (Å²) < 4.78 is 12.8. The van der Waals surface area contributed by atoms with Gasteiger partial charge in [-0.05, 0) is 30.5 Å². The number of carbonyl (C=O) groups is 3. The van der Waals surface area contributed by atoms with Crippen LogP contribution in [0.3, 0.4) is 0 Å². The Morgan fingerprint density at radius 2 is 2.00 bits per heavy atom. The van der Waals surface area contributed by atoms with Crippen molar-refractivity contribution in [2.24, 2.45) is 4.99 Å². The van der Waals surface area contributed by atoms with Crippen molar-refractivity contribution in [3.05, 3.63) is 35.6 Å². The summed E-state index contributed by atoms with van der Waals surface area (Å²) in [6.07, 6.45) is 2.32. The Hall–Kier alpha value is -2.57. The molecule has 7 heteroatoms. The molecule has 1 atom stereocenters. The highest BCUT2D eigenvalue weighted by Gasteiger charge is 2.41. The number of benzene rings is 1. The molecule has 2 aliphatic rings. The Kier molecular flexibility index (Phi) is 4.18. The normalized spacial score (nSPS) is 20.8. The first-order valence-corrected chi connectivity index (χ1v) is 7.51. The van der Waals surface area contributed by atoms with Crippen molar-refractivity contribution < 1.29 is 18.8 Å². The van der Waals surface area contributed by atoms with Gasteiger partial charge in [0.05, 0.1) is 0 Å². The zero-order valence-electron chi connectivity index (χ0n) is 12.4. The van der Waals surface area contributed by atoms with Crippen LogP contribution in [0.15, 0.2) is 29.3 Å². The highest BCUT2D eigenvalue weighted by Crippen LogP contribution is 2.18.